The zero-order valence-corrected chi connectivity index (χ0v) is 11.9. The Balaban J connectivity index is 1.96. The minimum Gasteiger partial charge on any atom is -0.398 e. The van der Waals surface area contributed by atoms with E-state index < -0.39 is 5.91 Å². The molecule has 9 heteroatoms. The molecule has 1 amide bonds. The molecule has 4 N–H and O–H groups in total. The molecule has 3 aromatic rings. The average Bonchev–Trinajstić information content (AvgIpc) is 2.87. The second kappa shape index (κ2) is 5.19. The number of rotatable bonds is 2. The third-order valence-corrected chi connectivity index (χ3v) is 3.33. The number of aromatic amines is 1. The number of aromatic nitrogens is 4. The number of carbonyl (C=O) groups excluding carboxylic acids is 1. The summed E-state index contributed by atoms with van der Waals surface area (Å²) < 4.78 is 0. The molecule has 0 aliphatic carbocycles. The molecular formula is C12H8Cl2N6O. The summed E-state index contributed by atoms with van der Waals surface area (Å²) >= 11 is 11.9. The lowest BCUT2D eigenvalue weighted by Gasteiger charge is -2.08. The molecule has 1 aromatic carbocycles. The van der Waals surface area contributed by atoms with Gasteiger partial charge in [-0.3, -0.25) is 10.1 Å². The number of nitrogens with two attached hydrogens (primary N) is 1. The second-order valence-corrected chi connectivity index (χ2v) is 4.86. The Bertz CT molecular complexity index is 827. The number of H-pyrrole nitrogens is 1. The van der Waals surface area contributed by atoms with Crippen molar-refractivity contribution in [1.82, 2.24) is 19.9 Å². The van der Waals surface area contributed by atoms with E-state index in [1.807, 2.05) is 0 Å². The molecule has 0 aliphatic heterocycles. The Hall–Kier alpha value is -2.38. The number of nitrogens with one attached hydrogen (secondary N) is 2. The van der Waals surface area contributed by atoms with E-state index in [9.17, 15) is 4.79 Å². The molecule has 0 fully saturated rings. The van der Waals surface area contributed by atoms with Crippen molar-refractivity contribution in [3.05, 3.63) is 40.3 Å². The number of carbonyl (C=O) groups is 1. The van der Waals surface area contributed by atoms with Gasteiger partial charge >= 0.3 is 0 Å². The molecule has 0 atom stereocenters. The summed E-state index contributed by atoms with van der Waals surface area (Å²) in [4.78, 5) is 27.0. The largest absolute Gasteiger partial charge is 0.398 e. The topological polar surface area (TPSA) is 110 Å². The van der Waals surface area contributed by atoms with Gasteiger partial charge in [-0.1, -0.05) is 29.3 Å². The fourth-order valence-electron chi connectivity index (χ4n) is 1.80. The van der Waals surface area contributed by atoms with Crippen LogP contribution in [0.5, 0.6) is 0 Å². The molecule has 2 aromatic heterocycles. The number of nitrogens with zero attached hydrogens (tertiary/aromatic N) is 3. The summed E-state index contributed by atoms with van der Waals surface area (Å²) in [5.74, 6) is -0.507. The maximum absolute atomic E-state index is 12.2. The zero-order chi connectivity index (χ0) is 15.0. The van der Waals surface area contributed by atoms with E-state index in [0.717, 1.165) is 0 Å². The number of benzene rings is 1. The van der Waals surface area contributed by atoms with Crippen molar-refractivity contribution in [3.63, 3.8) is 0 Å². The van der Waals surface area contributed by atoms with E-state index >= 15 is 0 Å². The number of hydrogen-bond donors (Lipinski definition) is 3. The highest BCUT2D eigenvalue weighted by Crippen LogP contribution is 2.23. The van der Waals surface area contributed by atoms with E-state index in [-0.39, 0.29) is 27.4 Å². The average molecular weight is 323 g/mol. The molecule has 0 aliphatic rings. The van der Waals surface area contributed by atoms with Crippen LogP contribution in [0.15, 0.2) is 24.5 Å². The lowest BCUT2D eigenvalue weighted by atomic mass is 10.1. The SMILES string of the molecule is Nc1cccc(Cl)c1C(=O)Nc1nc(Cl)c2[nH]cnc2n1. The summed E-state index contributed by atoms with van der Waals surface area (Å²) in [7, 11) is 0. The van der Waals surface area contributed by atoms with Gasteiger partial charge in [0.25, 0.3) is 5.91 Å². The quantitative estimate of drug-likeness (QED) is 0.496. The maximum Gasteiger partial charge on any atom is 0.261 e. The first-order chi connectivity index (χ1) is 10.1. The third-order valence-electron chi connectivity index (χ3n) is 2.74. The van der Waals surface area contributed by atoms with Crippen LogP contribution in [-0.4, -0.2) is 25.8 Å². The molecule has 0 unspecified atom stereocenters. The number of fused-ring (bicyclic) bond motifs is 1. The number of amides is 1. The number of hydrogen-bond acceptors (Lipinski definition) is 5. The van der Waals surface area contributed by atoms with Crippen LogP contribution in [0.2, 0.25) is 10.2 Å². The molecule has 0 bridgehead atoms. The van der Waals surface area contributed by atoms with Crippen molar-refractivity contribution in [2.24, 2.45) is 0 Å². The van der Waals surface area contributed by atoms with E-state index in [2.05, 4.69) is 25.3 Å². The first-order valence-electron chi connectivity index (χ1n) is 5.78. The van der Waals surface area contributed by atoms with Gasteiger partial charge in [0, 0.05) is 5.69 Å². The second-order valence-electron chi connectivity index (χ2n) is 4.10. The highest BCUT2D eigenvalue weighted by Gasteiger charge is 2.16. The summed E-state index contributed by atoms with van der Waals surface area (Å²) in [5.41, 5.74) is 7.00. The Kier molecular flexibility index (Phi) is 3.36. The van der Waals surface area contributed by atoms with Crippen LogP contribution in [0, 0.1) is 0 Å². The maximum atomic E-state index is 12.2. The van der Waals surface area contributed by atoms with Crippen molar-refractivity contribution in [2.45, 2.75) is 0 Å². The highest BCUT2D eigenvalue weighted by molar-refractivity contribution is 6.35. The fourth-order valence-corrected chi connectivity index (χ4v) is 2.28. The van der Waals surface area contributed by atoms with Gasteiger partial charge in [0.15, 0.2) is 10.8 Å². The third kappa shape index (κ3) is 2.48. The molecule has 0 saturated heterocycles. The monoisotopic (exact) mass is 322 g/mol. The van der Waals surface area contributed by atoms with E-state index in [1.54, 1.807) is 18.2 Å². The molecule has 106 valence electrons. The van der Waals surface area contributed by atoms with Gasteiger partial charge < -0.3 is 10.7 Å². The molecule has 21 heavy (non-hydrogen) atoms. The Morgan fingerprint density at radius 2 is 2.10 bits per heavy atom. The standard InChI is InChI=1S/C12H8Cl2N6O/c13-5-2-1-3-6(15)7(5)11(21)20-12-18-9(14)8-10(19-12)17-4-16-8/h1-4H,15H2,(H2,16,17,18,19,20,21). The number of nitrogen functional groups attached to an aromatic ring is 1. The van der Waals surface area contributed by atoms with Crippen LogP contribution in [-0.2, 0) is 0 Å². The van der Waals surface area contributed by atoms with Crippen molar-refractivity contribution in [3.8, 4) is 0 Å². The van der Waals surface area contributed by atoms with Crippen LogP contribution in [0.4, 0.5) is 11.6 Å². The van der Waals surface area contributed by atoms with Gasteiger partial charge in [-0.2, -0.15) is 9.97 Å². The van der Waals surface area contributed by atoms with Gasteiger partial charge in [-0.05, 0) is 12.1 Å². The molecule has 7 nitrogen and oxygen atoms in total. The molecule has 2 heterocycles. The molecule has 3 rings (SSSR count). The summed E-state index contributed by atoms with van der Waals surface area (Å²) in [6.45, 7) is 0. The van der Waals surface area contributed by atoms with E-state index in [0.29, 0.717) is 11.2 Å². The Morgan fingerprint density at radius 1 is 1.29 bits per heavy atom. The minimum atomic E-state index is -0.524. The van der Waals surface area contributed by atoms with Crippen LogP contribution in [0.1, 0.15) is 10.4 Å². The van der Waals surface area contributed by atoms with E-state index in [4.69, 9.17) is 28.9 Å². The van der Waals surface area contributed by atoms with Crippen LogP contribution in [0.3, 0.4) is 0 Å². The number of imidazole rings is 1. The van der Waals surface area contributed by atoms with Crippen LogP contribution >= 0.6 is 23.2 Å². The van der Waals surface area contributed by atoms with E-state index in [1.165, 1.54) is 6.33 Å². The minimum absolute atomic E-state index is 0.0175. The Morgan fingerprint density at radius 3 is 2.86 bits per heavy atom. The van der Waals surface area contributed by atoms with Crippen molar-refractivity contribution in [2.75, 3.05) is 11.1 Å². The highest BCUT2D eigenvalue weighted by atomic mass is 35.5. The van der Waals surface area contributed by atoms with Gasteiger partial charge in [-0.15, -0.1) is 0 Å². The lowest BCUT2D eigenvalue weighted by molar-refractivity contribution is 0.102. The van der Waals surface area contributed by atoms with Gasteiger partial charge in [0.2, 0.25) is 5.95 Å². The predicted octanol–water partition coefficient (Wildman–Crippen LogP) is 2.49. The van der Waals surface area contributed by atoms with Crippen molar-refractivity contribution >= 4 is 51.9 Å². The van der Waals surface area contributed by atoms with Gasteiger partial charge in [-0.25, -0.2) is 4.98 Å². The van der Waals surface area contributed by atoms with Gasteiger partial charge in [0.1, 0.15) is 5.52 Å². The Labute approximate surface area is 128 Å². The molecule has 0 radical (unpaired) electrons. The zero-order valence-electron chi connectivity index (χ0n) is 10.4. The predicted molar refractivity (Wildman–Crippen MR) is 80.5 cm³/mol. The summed E-state index contributed by atoms with van der Waals surface area (Å²) in [6, 6.07) is 4.79. The van der Waals surface area contributed by atoms with Crippen LogP contribution < -0.4 is 11.1 Å². The smallest absolute Gasteiger partial charge is 0.261 e. The first-order valence-corrected chi connectivity index (χ1v) is 6.54. The molecule has 0 spiro atoms. The molecule has 0 saturated carbocycles. The number of anilines is 2. The van der Waals surface area contributed by atoms with Crippen molar-refractivity contribution < 1.29 is 4.79 Å². The van der Waals surface area contributed by atoms with Crippen molar-refractivity contribution in [1.29, 1.82) is 0 Å². The lowest BCUT2D eigenvalue weighted by Crippen LogP contribution is -2.16. The number of halogens is 2. The first kappa shape index (κ1) is 13.6. The molecular weight excluding hydrogens is 315 g/mol. The van der Waals surface area contributed by atoms with Crippen LogP contribution in [0.25, 0.3) is 11.2 Å². The summed E-state index contributed by atoms with van der Waals surface area (Å²) in [5, 5.41) is 2.89. The fraction of sp³-hybridized carbons (Fsp3) is 0. The normalized spacial score (nSPS) is 10.8. The van der Waals surface area contributed by atoms with Gasteiger partial charge in [0.05, 0.1) is 16.9 Å². The summed E-state index contributed by atoms with van der Waals surface area (Å²) in [6.07, 6.45) is 1.43.